The largest absolute Gasteiger partial charge is 0.320 e. The number of rotatable bonds is 5. The predicted molar refractivity (Wildman–Crippen MR) is 84.6 cm³/mol. The Morgan fingerprint density at radius 3 is 3.00 bits per heavy atom. The van der Waals surface area contributed by atoms with Gasteiger partial charge in [0.2, 0.25) is 11.0 Å². The predicted octanol–water partition coefficient (Wildman–Crippen LogP) is 3.03. The highest BCUT2D eigenvalue weighted by atomic mass is 79.9. The van der Waals surface area contributed by atoms with Gasteiger partial charge < -0.3 is 5.73 Å². The van der Waals surface area contributed by atoms with Crippen LogP contribution < -0.4 is 11.1 Å². The number of amides is 1. The highest BCUT2D eigenvalue weighted by Crippen LogP contribution is 2.28. The molecule has 2 aromatic rings. The summed E-state index contributed by atoms with van der Waals surface area (Å²) in [7, 11) is 0. The molecule has 0 radical (unpaired) electrons. The number of hydrogen-bond donors (Lipinski definition) is 2. The molecule has 1 atom stereocenters. The minimum atomic E-state index is -0.502. The van der Waals surface area contributed by atoms with Gasteiger partial charge in [0.05, 0.1) is 6.04 Å². The van der Waals surface area contributed by atoms with Crippen molar-refractivity contribution in [2.24, 2.45) is 5.73 Å². The van der Waals surface area contributed by atoms with E-state index in [4.69, 9.17) is 5.73 Å². The van der Waals surface area contributed by atoms with E-state index < -0.39 is 6.04 Å². The highest BCUT2D eigenvalue weighted by molar-refractivity contribution is 9.10. The van der Waals surface area contributed by atoms with Crippen LogP contribution in [0.3, 0.4) is 0 Å². The van der Waals surface area contributed by atoms with Crippen LogP contribution in [0.2, 0.25) is 0 Å². The fourth-order valence-electron chi connectivity index (χ4n) is 1.65. The van der Waals surface area contributed by atoms with Crippen LogP contribution in [0.4, 0.5) is 5.13 Å². The SMILES string of the molecule is CCCC(N)C(=O)Nc1nnc(-c2cccc(Br)c2)s1. The van der Waals surface area contributed by atoms with Gasteiger partial charge in [0.1, 0.15) is 5.01 Å². The lowest BCUT2D eigenvalue weighted by atomic mass is 10.2. The molecule has 0 spiro atoms. The number of hydrogen-bond acceptors (Lipinski definition) is 5. The van der Waals surface area contributed by atoms with Crippen molar-refractivity contribution in [2.75, 3.05) is 5.32 Å². The van der Waals surface area contributed by atoms with Crippen molar-refractivity contribution in [1.82, 2.24) is 10.2 Å². The van der Waals surface area contributed by atoms with Gasteiger partial charge in [-0.2, -0.15) is 0 Å². The molecule has 0 bridgehead atoms. The van der Waals surface area contributed by atoms with Crippen LogP contribution in [0.15, 0.2) is 28.7 Å². The maximum atomic E-state index is 11.8. The molecule has 1 unspecified atom stereocenters. The first-order chi connectivity index (χ1) is 9.60. The van der Waals surface area contributed by atoms with E-state index in [1.807, 2.05) is 31.2 Å². The maximum Gasteiger partial charge on any atom is 0.243 e. The molecule has 5 nitrogen and oxygen atoms in total. The minimum Gasteiger partial charge on any atom is -0.320 e. The Kier molecular flexibility index (Phi) is 5.22. The summed E-state index contributed by atoms with van der Waals surface area (Å²) < 4.78 is 0.973. The molecule has 0 saturated heterocycles. The lowest BCUT2D eigenvalue weighted by Gasteiger charge is -2.08. The number of aromatic nitrogens is 2. The van der Waals surface area contributed by atoms with Crippen molar-refractivity contribution in [1.29, 1.82) is 0 Å². The summed E-state index contributed by atoms with van der Waals surface area (Å²) in [6.45, 7) is 1.99. The number of carbonyl (C=O) groups excluding carboxylic acids is 1. The van der Waals surface area contributed by atoms with E-state index in [0.717, 1.165) is 21.5 Å². The summed E-state index contributed by atoms with van der Waals surface area (Å²) in [4.78, 5) is 11.8. The van der Waals surface area contributed by atoms with E-state index in [9.17, 15) is 4.79 Å². The standard InChI is InChI=1S/C13H15BrN4OS/c1-2-4-10(15)11(19)16-13-18-17-12(20-13)8-5-3-6-9(14)7-8/h3,5-7,10H,2,4,15H2,1H3,(H,16,18,19). The molecular formula is C13H15BrN4OS. The molecule has 106 valence electrons. The van der Waals surface area contributed by atoms with Crippen LogP contribution in [-0.4, -0.2) is 22.1 Å². The Balaban J connectivity index is 2.08. The first kappa shape index (κ1) is 15.1. The monoisotopic (exact) mass is 354 g/mol. The topological polar surface area (TPSA) is 80.9 Å². The van der Waals surface area contributed by atoms with Gasteiger partial charge in [-0.05, 0) is 18.6 Å². The van der Waals surface area contributed by atoms with Gasteiger partial charge in [-0.25, -0.2) is 0 Å². The molecule has 0 saturated carbocycles. The molecule has 1 aromatic carbocycles. The van der Waals surface area contributed by atoms with Crippen molar-refractivity contribution in [3.63, 3.8) is 0 Å². The highest BCUT2D eigenvalue weighted by Gasteiger charge is 2.15. The van der Waals surface area contributed by atoms with Gasteiger partial charge in [-0.3, -0.25) is 10.1 Å². The molecule has 20 heavy (non-hydrogen) atoms. The zero-order valence-corrected chi connectivity index (χ0v) is 13.4. The van der Waals surface area contributed by atoms with E-state index in [1.165, 1.54) is 11.3 Å². The molecule has 1 amide bonds. The first-order valence-corrected chi connectivity index (χ1v) is 7.87. The Morgan fingerprint density at radius 1 is 1.50 bits per heavy atom. The lowest BCUT2D eigenvalue weighted by molar-refractivity contribution is -0.117. The Morgan fingerprint density at radius 2 is 2.30 bits per heavy atom. The maximum absolute atomic E-state index is 11.8. The lowest BCUT2D eigenvalue weighted by Crippen LogP contribution is -2.35. The molecule has 0 aliphatic heterocycles. The van der Waals surface area contributed by atoms with E-state index >= 15 is 0 Å². The van der Waals surface area contributed by atoms with Crippen molar-refractivity contribution in [2.45, 2.75) is 25.8 Å². The molecule has 0 fully saturated rings. The second-order valence-corrected chi connectivity index (χ2v) is 6.20. The van der Waals surface area contributed by atoms with Crippen molar-refractivity contribution < 1.29 is 4.79 Å². The second kappa shape index (κ2) is 6.92. The average Bonchev–Trinajstić information content (AvgIpc) is 2.87. The molecule has 0 aliphatic carbocycles. The van der Waals surface area contributed by atoms with Crippen molar-refractivity contribution >= 4 is 38.3 Å². The summed E-state index contributed by atoms with van der Waals surface area (Å²) in [6, 6.07) is 7.26. The van der Waals surface area contributed by atoms with E-state index in [-0.39, 0.29) is 5.91 Å². The summed E-state index contributed by atoms with van der Waals surface area (Å²) in [6.07, 6.45) is 1.52. The number of nitrogens with one attached hydrogen (secondary N) is 1. The van der Waals surface area contributed by atoms with Crippen LogP contribution in [0.1, 0.15) is 19.8 Å². The average molecular weight is 355 g/mol. The second-order valence-electron chi connectivity index (χ2n) is 4.31. The quantitative estimate of drug-likeness (QED) is 0.864. The molecule has 2 rings (SSSR count). The van der Waals surface area contributed by atoms with Gasteiger partial charge in [-0.15, -0.1) is 10.2 Å². The van der Waals surface area contributed by atoms with Gasteiger partial charge in [0.15, 0.2) is 0 Å². The summed E-state index contributed by atoms with van der Waals surface area (Å²) >= 11 is 4.74. The number of nitrogens with zero attached hydrogens (tertiary/aromatic N) is 2. The van der Waals surface area contributed by atoms with Gasteiger partial charge in [0.25, 0.3) is 0 Å². The Labute approximate surface area is 129 Å². The fourth-order valence-corrected chi connectivity index (χ4v) is 2.79. The third-order valence-corrected chi connectivity index (χ3v) is 4.04. The summed E-state index contributed by atoms with van der Waals surface area (Å²) in [5, 5.41) is 12.0. The van der Waals surface area contributed by atoms with E-state index in [0.29, 0.717) is 11.6 Å². The number of carbonyl (C=O) groups is 1. The number of benzene rings is 1. The Bertz CT molecular complexity index is 602. The van der Waals surface area contributed by atoms with E-state index in [1.54, 1.807) is 0 Å². The molecule has 1 heterocycles. The molecule has 7 heteroatoms. The summed E-state index contributed by atoms with van der Waals surface area (Å²) in [5.41, 5.74) is 6.71. The van der Waals surface area contributed by atoms with Gasteiger partial charge in [-0.1, -0.05) is 52.7 Å². The third kappa shape index (κ3) is 3.84. The van der Waals surface area contributed by atoms with Crippen LogP contribution >= 0.6 is 27.3 Å². The normalized spacial score (nSPS) is 12.2. The van der Waals surface area contributed by atoms with Crippen LogP contribution in [0, 0.1) is 0 Å². The zero-order valence-electron chi connectivity index (χ0n) is 11.0. The van der Waals surface area contributed by atoms with Crippen LogP contribution in [-0.2, 0) is 4.79 Å². The van der Waals surface area contributed by atoms with Crippen molar-refractivity contribution in [3.05, 3.63) is 28.7 Å². The van der Waals surface area contributed by atoms with Gasteiger partial charge >= 0.3 is 0 Å². The van der Waals surface area contributed by atoms with Gasteiger partial charge in [0, 0.05) is 10.0 Å². The third-order valence-electron chi connectivity index (χ3n) is 2.66. The number of anilines is 1. The smallest absolute Gasteiger partial charge is 0.243 e. The number of nitrogens with two attached hydrogens (primary N) is 1. The van der Waals surface area contributed by atoms with E-state index in [2.05, 4.69) is 31.4 Å². The summed E-state index contributed by atoms with van der Waals surface area (Å²) in [5.74, 6) is -0.219. The zero-order chi connectivity index (χ0) is 14.5. The first-order valence-electron chi connectivity index (χ1n) is 6.26. The number of halogens is 1. The van der Waals surface area contributed by atoms with Crippen LogP contribution in [0.5, 0.6) is 0 Å². The van der Waals surface area contributed by atoms with Crippen molar-refractivity contribution in [3.8, 4) is 10.6 Å². The molecule has 0 aliphatic rings. The Hall–Kier alpha value is -1.31. The molecular weight excluding hydrogens is 340 g/mol. The fraction of sp³-hybridized carbons (Fsp3) is 0.308. The molecule has 3 N–H and O–H groups in total. The minimum absolute atomic E-state index is 0.219. The molecule has 1 aromatic heterocycles. The van der Waals surface area contributed by atoms with Crippen LogP contribution in [0.25, 0.3) is 10.6 Å².